The number of fused-ring (bicyclic) bond motifs is 1. The predicted octanol–water partition coefficient (Wildman–Crippen LogP) is 2.92. The summed E-state index contributed by atoms with van der Waals surface area (Å²) in [5.41, 5.74) is 15.3. The maximum Gasteiger partial charge on any atom is 0.328 e. The van der Waals surface area contributed by atoms with Gasteiger partial charge in [0.15, 0.2) is 23.0 Å². The first kappa shape index (κ1) is 26.3. The van der Waals surface area contributed by atoms with Crippen molar-refractivity contribution in [3.63, 3.8) is 0 Å². The number of piperidine rings is 1. The third kappa shape index (κ3) is 5.19. The van der Waals surface area contributed by atoms with Crippen LogP contribution in [-0.2, 0) is 16.1 Å². The van der Waals surface area contributed by atoms with Crippen LogP contribution in [-0.4, -0.2) is 62.3 Å². The molecule has 12 heteroatoms. The van der Waals surface area contributed by atoms with Crippen molar-refractivity contribution in [1.29, 1.82) is 0 Å². The number of pyridine rings is 1. The predicted molar refractivity (Wildman–Crippen MR) is 145 cm³/mol. The summed E-state index contributed by atoms with van der Waals surface area (Å²) in [5.74, 6) is -0.466. The maximum absolute atomic E-state index is 14.5. The summed E-state index contributed by atoms with van der Waals surface area (Å²) in [6.07, 6.45) is 5.72. The molecule has 1 atom stereocenters. The van der Waals surface area contributed by atoms with E-state index in [0.717, 1.165) is 11.3 Å². The third-order valence-electron chi connectivity index (χ3n) is 6.80. The van der Waals surface area contributed by atoms with Gasteiger partial charge in [0.2, 0.25) is 0 Å². The van der Waals surface area contributed by atoms with E-state index in [1.54, 1.807) is 38.5 Å². The molecule has 11 nitrogen and oxygen atoms in total. The maximum atomic E-state index is 14.5. The largest absolute Gasteiger partial charge is 0.494 e. The zero-order valence-corrected chi connectivity index (χ0v) is 22.1. The highest BCUT2D eigenvalue weighted by Gasteiger charge is 2.41. The molecular weight excluding hydrogens is 503 g/mol. The number of aromatic nitrogens is 5. The van der Waals surface area contributed by atoms with Crippen LogP contribution in [0, 0.1) is 5.82 Å². The van der Waals surface area contributed by atoms with Crippen molar-refractivity contribution in [2.75, 3.05) is 30.8 Å². The Hall–Kier alpha value is -4.32. The number of rotatable bonds is 7. The highest BCUT2D eigenvalue weighted by atomic mass is 19.1. The molecule has 1 aromatic carbocycles. The van der Waals surface area contributed by atoms with Gasteiger partial charge in [0.1, 0.15) is 17.4 Å². The number of methoxy groups -OCH3 is 1. The number of carbonyl (C=O) groups is 1. The molecule has 4 N–H and O–H groups in total. The number of hydrogen-bond donors (Lipinski definition) is 2. The fourth-order valence-electron chi connectivity index (χ4n) is 4.87. The first-order valence-electron chi connectivity index (χ1n) is 12.7. The number of benzene rings is 1. The van der Waals surface area contributed by atoms with E-state index in [1.165, 1.54) is 19.5 Å². The van der Waals surface area contributed by atoms with Crippen molar-refractivity contribution in [3.8, 4) is 17.0 Å². The summed E-state index contributed by atoms with van der Waals surface area (Å²) in [6.45, 7) is 4.91. The lowest BCUT2D eigenvalue weighted by atomic mass is 9.89. The Balaban J connectivity index is 1.56. The molecule has 204 valence electrons. The van der Waals surface area contributed by atoms with Crippen LogP contribution in [0.15, 0.2) is 43.1 Å². The molecule has 3 aromatic heterocycles. The van der Waals surface area contributed by atoms with Gasteiger partial charge >= 0.3 is 5.97 Å². The van der Waals surface area contributed by atoms with Crippen LogP contribution in [0.2, 0.25) is 0 Å². The average molecular weight is 535 g/mol. The second-order valence-corrected chi connectivity index (χ2v) is 9.99. The quantitative estimate of drug-likeness (QED) is 0.339. The van der Waals surface area contributed by atoms with Crippen LogP contribution in [0.1, 0.15) is 32.3 Å². The van der Waals surface area contributed by atoms with E-state index >= 15 is 0 Å². The first-order valence-corrected chi connectivity index (χ1v) is 12.7. The van der Waals surface area contributed by atoms with Crippen molar-refractivity contribution in [3.05, 3.63) is 54.5 Å². The first-order chi connectivity index (χ1) is 18.7. The second-order valence-electron chi connectivity index (χ2n) is 9.99. The molecule has 0 saturated carbocycles. The molecule has 0 amide bonds. The lowest BCUT2D eigenvalue weighted by Gasteiger charge is -2.40. The van der Waals surface area contributed by atoms with Gasteiger partial charge in [0.25, 0.3) is 0 Å². The van der Waals surface area contributed by atoms with Crippen LogP contribution in [0.4, 0.5) is 15.9 Å². The molecule has 0 bridgehead atoms. The fourth-order valence-corrected chi connectivity index (χ4v) is 4.87. The minimum absolute atomic E-state index is 0.152. The lowest BCUT2D eigenvalue weighted by molar-refractivity contribution is -0.154. The molecular formula is C27H31FN8O3. The van der Waals surface area contributed by atoms with E-state index in [-0.39, 0.29) is 24.2 Å². The number of hydrogen-bond acceptors (Lipinski definition) is 10. The molecule has 4 aromatic rings. The van der Waals surface area contributed by atoms with Gasteiger partial charge < -0.3 is 30.4 Å². The summed E-state index contributed by atoms with van der Waals surface area (Å²) >= 11 is 0. The molecule has 1 aliphatic heterocycles. The van der Waals surface area contributed by atoms with Crippen molar-refractivity contribution in [2.45, 2.75) is 44.9 Å². The fraction of sp³-hybridized carbons (Fsp3) is 0.370. The monoisotopic (exact) mass is 534 g/mol. The summed E-state index contributed by atoms with van der Waals surface area (Å²) in [5, 5.41) is 0. The van der Waals surface area contributed by atoms with Crippen LogP contribution < -0.4 is 21.1 Å². The zero-order chi connectivity index (χ0) is 27.7. The number of carbonyl (C=O) groups excluding carboxylic acids is 1. The summed E-state index contributed by atoms with van der Waals surface area (Å²) < 4.78 is 26.9. The van der Waals surface area contributed by atoms with E-state index in [9.17, 15) is 9.18 Å². The van der Waals surface area contributed by atoms with Crippen LogP contribution >= 0.6 is 0 Å². The van der Waals surface area contributed by atoms with E-state index in [4.69, 9.17) is 20.9 Å². The van der Waals surface area contributed by atoms with Gasteiger partial charge in [0, 0.05) is 18.7 Å². The Morgan fingerprint density at radius 3 is 2.77 bits per heavy atom. The van der Waals surface area contributed by atoms with Gasteiger partial charge in [-0.3, -0.25) is 4.98 Å². The molecule has 0 radical (unpaired) electrons. The van der Waals surface area contributed by atoms with E-state index < -0.39 is 17.3 Å². The number of nitrogens with two attached hydrogens (primary N) is 2. The summed E-state index contributed by atoms with van der Waals surface area (Å²) in [4.78, 5) is 32.3. The average Bonchev–Trinajstić information content (AvgIpc) is 3.32. The van der Waals surface area contributed by atoms with Gasteiger partial charge in [-0.1, -0.05) is 0 Å². The smallest absolute Gasteiger partial charge is 0.328 e. The van der Waals surface area contributed by atoms with Crippen molar-refractivity contribution in [2.24, 2.45) is 5.73 Å². The van der Waals surface area contributed by atoms with Gasteiger partial charge in [-0.05, 0) is 56.5 Å². The Morgan fingerprint density at radius 2 is 2.03 bits per heavy atom. The molecule has 0 spiro atoms. The van der Waals surface area contributed by atoms with E-state index in [1.807, 2.05) is 15.5 Å². The number of ether oxygens (including phenoxy) is 2. The van der Waals surface area contributed by atoms with Crippen LogP contribution in [0.25, 0.3) is 22.4 Å². The molecule has 0 unspecified atom stereocenters. The summed E-state index contributed by atoms with van der Waals surface area (Å²) in [7, 11) is 1.42. The van der Waals surface area contributed by atoms with Gasteiger partial charge in [0.05, 0.1) is 43.7 Å². The van der Waals surface area contributed by atoms with Gasteiger partial charge in [-0.15, -0.1) is 0 Å². The SMILES string of the molecule is COc1ccc(-c2cc(Cn3cnc4c(N)ncnc43)c(N3CCC[C@](N)(C(=O)OC(C)C)C3)cn2)cc1F. The number of esters is 1. The van der Waals surface area contributed by atoms with Gasteiger partial charge in [-0.25, -0.2) is 24.1 Å². The minimum Gasteiger partial charge on any atom is -0.494 e. The van der Waals surface area contributed by atoms with Crippen molar-refractivity contribution in [1.82, 2.24) is 24.5 Å². The lowest BCUT2D eigenvalue weighted by Crippen LogP contribution is -2.60. The second kappa shape index (κ2) is 10.4. The topological polar surface area (TPSA) is 147 Å². The van der Waals surface area contributed by atoms with E-state index in [0.29, 0.717) is 48.4 Å². The normalized spacial score (nSPS) is 17.5. The highest BCUT2D eigenvalue weighted by Crippen LogP contribution is 2.32. The van der Waals surface area contributed by atoms with Crippen molar-refractivity contribution < 1.29 is 18.7 Å². The third-order valence-corrected chi connectivity index (χ3v) is 6.80. The Kier molecular flexibility index (Phi) is 7.04. The van der Waals surface area contributed by atoms with Crippen LogP contribution in [0.5, 0.6) is 5.75 Å². The molecule has 1 aliphatic rings. The van der Waals surface area contributed by atoms with Crippen LogP contribution in [0.3, 0.4) is 0 Å². The highest BCUT2D eigenvalue weighted by molar-refractivity contribution is 5.83. The number of nitrogens with zero attached hydrogens (tertiary/aromatic N) is 6. The van der Waals surface area contributed by atoms with Crippen molar-refractivity contribution >= 4 is 28.6 Å². The zero-order valence-electron chi connectivity index (χ0n) is 22.1. The number of halogens is 1. The Bertz CT molecular complexity index is 1520. The minimum atomic E-state index is -1.15. The van der Waals surface area contributed by atoms with E-state index in [2.05, 4.69) is 19.9 Å². The number of nitrogen functional groups attached to an aromatic ring is 1. The Labute approximate surface area is 225 Å². The number of imidazole rings is 1. The molecule has 4 heterocycles. The molecule has 1 saturated heterocycles. The summed E-state index contributed by atoms with van der Waals surface area (Å²) in [6, 6.07) is 6.60. The Morgan fingerprint density at radius 1 is 1.21 bits per heavy atom. The standard InChI is InChI=1S/C27H31FN8O3/c1-16(2)39-26(37)27(30)7-4-8-35(13-27)21-11-31-20(17-5-6-22(38-3)19(28)9-17)10-18(21)12-36-15-34-23-24(29)32-14-33-25(23)36/h5-6,9-11,14-16H,4,7-8,12-13,30H2,1-3H3,(H2,29,32,33)/t27-/m1/s1. The molecule has 1 fully saturated rings. The number of anilines is 2. The molecule has 0 aliphatic carbocycles. The molecule has 39 heavy (non-hydrogen) atoms. The molecule has 5 rings (SSSR count). The van der Waals surface area contributed by atoms with Gasteiger partial charge in [-0.2, -0.15) is 0 Å².